The molecule has 0 radical (unpaired) electrons. The number of rotatable bonds is 7. The van der Waals surface area contributed by atoms with E-state index in [-0.39, 0.29) is 12.4 Å². The van der Waals surface area contributed by atoms with E-state index in [4.69, 9.17) is 9.47 Å². The van der Waals surface area contributed by atoms with Crippen molar-refractivity contribution in [1.82, 2.24) is 5.43 Å². The number of carbonyl (C=O) groups excluding carboxylic acids is 1. The zero-order chi connectivity index (χ0) is 19.2. The molecule has 2 N–H and O–H groups in total. The Morgan fingerprint density at radius 1 is 1.27 bits per heavy atom. The summed E-state index contributed by atoms with van der Waals surface area (Å²) in [6.07, 6.45) is 1.41. The Hall–Kier alpha value is -2.93. The monoisotopic (exact) mass is 360 g/mol. The van der Waals surface area contributed by atoms with E-state index in [1.807, 2.05) is 0 Å². The summed E-state index contributed by atoms with van der Waals surface area (Å²) in [5.74, 6) is 0.0138. The number of hydrogen-bond acceptors (Lipinski definition) is 5. The van der Waals surface area contributed by atoms with Gasteiger partial charge in [-0.3, -0.25) is 4.79 Å². The number of benzene rings is 2. The van der Waals surface area contributed by atoms with E-state index in [2.05, 4.69) is 10.5 Å². The third kappa shape index (κ3) is 5.56. The first kappa shape index (κ1) is 19.4. The first-order chi connectivity index (χ1) is 12.3. The van der Waals surface area contributed by atoms with Gasteiger partial charge in [0.25, 0.3) is 5.91 Å². The lowest BCUT2D eigenvalue weighted by Gasteiger charge is -2.13. The van der Waals surface area contributed by atoms with Gasteiger partial charge < -0.3 is 14.6 Å². The molecule has 2 aromatic carbocycles. The minimum atomic E-state index is -1.52. The molecule has 7 heteroatoms. The SMILES string of the molecule is COc1ccc(C=NNC(=O)C(C)(C)O)cc1OCc1cccc(F)c1. The summed E-state index contributed by atoms with van der Waals surface area (Å²) in [6, 6.07) is 11.2. The van der Waals surface area contributed by atoms with Crippen molar-refractivity contribution in [3.05, 3.63) is 59.4 Å². The van der Waals surface area contributed by atoms with Crippen LogP contribution in [0.15, 0.2) is 47.6 Å². The van der Waals surface area contributed by atoms with Crippen LogP contribution in [-0.4, -0.2) is 29.9 Å². The lowest BCUT2D eigenvalue weighted by Crippen LogP contribution is -2.39. The van der Waals surface area contributed by atoms with Crippen molar-refractivity contribution in [2.75, 3.05) is 7.11 Å². The van der Waals surface area contributed by atoms with E-state index in [9.17, 15) is 14.3 Å². The fourth-order valence-electron chi connectivity index (χ4n) is 1.98. The summed E-state index contributed by atoms with van der Waals surface area (Å²) in [6.45, 7) is 2.90. The first-order valence-electron chi connectivity index (χ1n) is 7.91. The maximum absolute atomic E-state index is 13.2. The maximum atomic E-state index is 13.2. The number of methoxy groups -OCH3 is 1. The van der Waals surface area contributed by atoms with Crippen LogP contribution in [0, 0.1) is 5.82 Å². The van der Waals surface area contributed by atoms with E-state index in [0.29, 0.717) is 22.6 Å². The second kappa shape index (κ2) is 8.44. The highest BCUT2D eigenvalue weighted by atomic mass is 19.1. The molecule has 6 nitrogen and oxygen atoms in total. The number of hydrazone groups is 1. The van der Waals surface area contributed by atoms with Gasteiger partial charge >= 0.3 is 0 Å². The Balaban J connectivity index is 2.08. The Bertz CT molecular complexity index is 800. The number of amides is 1. The molecular formula is C19H21FN2O4. The van der Waals surface area contributed by atoms with Crippen LogP contribution in [0.5, 0.6) is 11.5 Å². The van der Waals surface area contributed by atoms with Crippen LogP contribution in [0.1, 0.15) is 25.0 Å². The third-order valence-electron chi connectivity index (χ3n) is 3.41. The molecule has 1 amide bonds. The summed E-state index contributed by atoms with van der Waals surface area (Å²) in [7, 11) is 1.52. The standard InChI is InChI=1S/C19H21FN2O4/c1-19(2,24)18(23)22-21-11-13-7-8-16(25-3)17(10-13)26-12-14-5-4-6-15(20)9-14/h4-11,24H,12H2,1-3H3,(H,22,23). The zero-order valence-electron chi connectivity index (χ0n) is 14.8. The summed E-state index contributed by atoms with van der Waals surface area (Å²) in [4.78, 5) is 11.6. The molecule has 0 aliphatic carbocycles. The van der Waals surface area contributed by atoms with Gasteiger partial charge in [-0.05, 0) is 55.3 Å². The molecule has 0 atom stereocenters. The van der Waals surface area contributed by atoms with E-state index < -0.39 is 11.5 Å². The number of carbonyl (C=O) groups is 1. The molecule has 0 saturated heterocycles. The third-order valence-corrected chi connectivity index (χ3v) is 3.41. The van der Waals surface area contributed by atoms with Gasteiger partial charge in [-0.15, -0.1) is 0 Å². The molecule has 0 aliphatic heterocycles. The van der Waals surface area contributed by atoms with Crippen LogP contribution in [0.25, 0.3) is 0 Å². The molecular weight excluding hydrogens is 339 g/mol. The quantitative estimate of drug-likeness (QED) is 0.588. The molecule has 2 aromatic rings. The smallest absolute Gasteiger partial charge is 0.271 e. The van der Waals surface area contributed by atoms with E-state index in [1.54, 1.807) is 30.3 Å². The first-order valence-corrected chi connectivity index (χ1v) is 7.91. The predicted molar refractivity (Wildman–Crippen MR) is 95.8 cm³/mol. The molecule has 2 rings (SSSR count). The van der Waals surface area contributed by atoms with Gasteiger partial charge in [0, 0.05) is 0 Å². The Morgan fingerprint density at radius 2 is 2.04 bits per heavy atom. The van der Waals surface area contributed by atoms with Gasteiger partial charge in [-0.2, -0.15) is 5.10 Å². The van der Waals surface area contributed by atoms with Crippen LogP contribution in [0.2, 0.25) is 0 Å². The number of ether oxygens (including phenoxy) is 2. The van der Waals surface area contributed by atoms with Crippen LogP contribution in [0.3, 0.4) is 0 Å². The molecule has 0 bridgehead atoms. The van der Waals surface area contributed by atoms with Gasteiger partial charge in [-0.25, -0.2) is 9.82 Å². The van der Waals surface area contributed by atoms with Crippen LogP contribution < -0.4 is 14.9 Å². The Morgan fingerprint density at radius 3 is 2.69 bits per heavy atom. The molecule has 0 saturated carbocycles. The number of hydrogen-bond donors (Lipinski definition) is 2. The average Bonchev–Trinajstić information content (AvgIpc) is 2.59. The second-order valence-corrected chi connectivity index (χ2v) is 6.09. The molecule has 0 unspecified atom stereocenters. The highest BCUT2D eigenvalue weighted by Gasteiger charge is 2.22. The van der Waals surface area contributed by atoms with Crippen molar-refractivity contribution in [3.63, 3.8) is 0 Å². The highest BCUT2D eigenvalue weighted by molar-refractivity contribution is 5.86. The molecule has 0 aromatic heterocycles. The lowest BCUT2D eigenvalue weighted by molar-refractivity contribution is -0.136. The Kier molecular flexibility index (Phi) is 6.30. The molecule has 0 heterocycles. The summed E-state index contributed by atoms with van der Waals surface area (Å²) >= 11 is 0. The minimum Gasteiger partial charge on any atom is -0.493 e. The van der Waals surface area contributed by atoms with Crippen molar-refractivity contribution < 1.29 is 23.8 Å². The topological polar surface area (TPSA) is 80.2 Å². The van der Waals surface area contributed by atoms with Gasteiger partial charge in [0.15, 0.2) is 11.5 Å². The van der Waals surface area contributed by atoms with E-state index >= 15 is 0 Å². The number of nitrogens with one attached hydrogen (secondary N) is 1. The van der Waals surface area contributed by atoms with Gasteiger partial charge in [0.2, 0.25) is 0 Å². The van der Waals surface area contributed by atoms with Gasteiger partial charge in [0.1, 0.15) is 18.0 Å². The van der Waals surface area contributed by atoms with Gasteiger partial charge in [-0.1, -0.05) is 12.1 Å². The second-order valence-electron chi connectivity index (χ2n) is 6.09. The molecule has 0 fully saturated rings. The largest absolute Gasteiger partial charge is 0.493 e. The van der Waals surface area contributed by atoms with E-state index in [0.717, 1.165) is 0 Å². The highest BCUT2D eigenvalue weighted by Crippen LogP contribution is 2.28. The lowest BCUT2D eigenvalue weighted by atomic mass is 10.1. The van der Waals surface area contributed by atoms with Crippen LogP contribution >= 0.6 is 0 Å². The normalized spacial score (nSPS) is 11.4. The summed E-state index contributed by atoms with van der Waals surface area (Å²) in [5, 5.41) is 13.3. The molecule has 138 valence electrons. The van der Waals surface area contributed by atoms with Crippen molar-refractivity contribution >= 4 is 12.1 Å². The van der Waals surface area contributed by atoms with Crippen LogP contribution in [0.4, 0.5) is 4.39 Å². The number of halogens is 1. The molecule has 0 spiro atoms. The van der Waals surface area contributed by atoms with Crippen molar-refractivity contribution in [2.45, 2.75) is 26.1 Å². The fourth-order valence-corrected chi connectivity index (χ4v) is 1.98. The molecule has 0 aliphatic rings. The average molecular weight is 360 g/mol. The van der Waals surface area contributed by atoms with Crippen molar-refractivity contribution in [3.8, 4) is 11.5 Å². The molecule has 26 heavy (non-hydrogen) atoms. The Labute approximate surface area is 151 Å². The predicted octanol–water partition coefficient (Wildman–Crippen LogP) is 2.63. The summed E-state index contributed by atoms with van der Waals surface area (Å²) in [5.41, 5.74) is 2.07. The fraction of sp³-hybridized carbons (Fsp3) is 0.263. The van der Waals surface area contributed by atoms with Crippen molar-refractivity contribution in [2.24, 2.45) is 5.10 Å². The maximum Gasteiger partial charge on any atom is 0.271 e. The zero-order valence-corrected chi connectivity index (χ0v) is 14.8. The van der Waals surface area contributed by atoms with Crippen molar-refractivity contribution in [1.29, 1.82) is 0 Å². The number of aliphatic hydroxyl groups is 1. The van der Waals surface area contributed by atoms with Gasteiger partial charge in [0.05, 0.1) is 13.3 Å². The summed E-state index contributed by atoms with van der Waals surface area (Å²) < 4.78 is 24.2. The van der Waals surface area contributed by atoms with Crippen LogP contribution in [-0.2, 0) is 11.4 Å². The number of nitrogens with zero attached hydrogens (tertiary/aromatic N) is 1. The minimum absolute atomic E-state index is 0.171. The van der Waals surface area contributed by atoms with E-state index in [1.165, 1.54) is 39.3 Å².